The number of unbranched alkanes of at least 4 members (excludes halogenated alkanes) is 1. The van der Waals surface area contributed by atoms with Crippen LogP contribution in [-0.4, -0.2) is 19.4 Å². The van der Waals surface area contributed by atoms with Crippen molar-refractivity contribution in [3.05, 3.63) is 35.9 Å². The van der Waals surface area contributed by atoms with E-state index in [-0.39, 0.29) is 5.78 Å². The Kier molecular flexibility index (Phi) is 5.47. The third-order valence-corrected chi connectivity index (χ3v) is 2.69. The summed E-state index contributed by atoms with van der Waals surface area (Å²) in [4.78, 5) is 13.1. The van der Waals surface area contributed by atoms with E-state index in [1.165, 1.54) is 18.5 Å². The Hall–Kier alpha value is -1.57. The molecule has 0 aromatic heterocycles. The predicted octanol–water partition coefficient (Wildman–Crippen LogP) is 3.53. The zero-order valence-electron chi connectivity index (χ0n) is 10.9. The number of ketones is 1. The second kappa shape index (κ2) is 6.89. The van der Waals surface area contributed by atoms with Crippen LogP contribution in [0.5, 0.6) is 0 Å². The fourth-order valence-corrected chi connectivity index (χ4v) is 1.58. The lowest BCUT2D eigenvalue weighted by molar-refractivity contribution is -0.112. The van der Waals surface area contributed by atoms with Crippen LogP contribution in [0.25, 0.3) is 6.08 Å². The van der Waals surface area contributed by atoms with Gasteiger partial charge in [-0.15, -0.1) is 0 Å². The van der Waals surface area contributed by atoms with Crippen LogP contribution in [0.4, 0.5) is 5.69 Å². The third-order valence-electron chi connectivity index (χ3n) is 2.69. The number of allylic oxidation sites excluding steroid dienone is 1. The molecule has 1 aromatic carbocycles. The standard InChI is InChI=1S/C15H21NO/c1-4-5-12-16(3)15-10-8-14(9-11-15)7-6-13(2)17/h6-11H,4-5,12H2,1-3H3/b7-6+. The summed E-state index contributed by atoms with van der Waals surface area (Å²) in [7, 11) is 2.11. The van der Waals surface area contributed by atoms with Crippen LogP contribution in [-0.2, 0) is 4.79 Å². The van der Waals surface area contributed by atoms with Crippen LogP contribution in [0.1, 0.15) is 32.3 Å². The van der Waals surface area contributed by atoms with E-state index in [1.807, 2.05) is 18.2 Å². The molecule has 0 atom stereocenters. The van der Waals surface area contributed by atoms with Crippen molar-refractivity contribution in [2.75, 3.05) is 18.5 Å². The number of hydrogen-bond acceptors (Lipinski definition) is 2. The molecule has 2 nitrogen and oxygen atoms in total. The van der Waals surface area contributed by atoms with Crippen LogP contribution in [0.3, 0.4) is 0 Å². The average molecular weight is 231 g/mol. The number of hydrogen-bond donors (Lipinski definition) is 0. The minimum absolute atomic E-state index is 0.0779. The molecule has 1 aromatic rings. The fourth-order valence-electron chi connectivity index (χ4n) is 1.58. The van der Waals surface area contributed by atoms with E-state index < -0.39 is 0 Å². The zero-order chi connectivity index (χ0) is 12.7. The van der Waals surface area contributed by atoms with Crippen molar-refractivity contribution in [2.45, 2.75) is 26.7 Å². The first-order valence-corrected chi connectivity index (χ1v) is 6.13. The molecule has 1 rings (SSSR count). The Bertz CT molecular complexity index is 378. The van der Waals surface area contributed by atoms with Crippen molar-refractivity contribution < 1.29 is 4.79 Å². The maximum atomic E-state index is 10.8. The quantitative estimate of drug-likeness (QED) is 0.698. The van der Waals surface area contributed by atoms with E-state index in [0.717, 1.165) is 12.1 Å². The SMILES string of the molecule is CCCCN(C)c1ccc(/C=C/C(C)=O)cc1. The summed E-state index contributed by atoms with van der Waals surface area (Å²) in [5.41, 5.74) is 2.28. The molecular formula is C15H21NO. The third kappa shape index (κ3) is 4.85. The highest BCUT2D eigenvalue weighted by Gasteiger charge is 1.99. The van der Waals surface area contributed by atoms with Crippen molar-refractivity contribution >= 4 is 17.5 Å². The van der Waals surface area contributed by atoms with Gasteiger partial charge in [0.1, 0.15) is 0 Å². The minimum Gasteiger partial charge on any atom is -0.375 e. The number of carbonyl (C=O) groups is 1. The summed E-state index contributed by atoms with van der Waals surface area (Å²) >= 11 is 0. The fraction of sp³-hybridized carbons (Fsp3) is 0.400. The van der Waals surface area contributed by atoms with Crippen LogP contribution < -0.4 is 4.90 Å². The van der Waals surface area contributed by atoms with Crippen LogP contribution >= 0.6 is 0 Å². The molecule has 17 heavy (non-hydrogen) atoms. The molecule has 0 saturated carbocycles. The highest BCUT2D eigenvalue weighted by Crippen LogP contribution is 2.15. The first-order valence-electron chi connectivity index (χ1n) is 6.13. The van der Waals surface area contributed by atoms with Crippen molar-refractivity contribution in [2.24, 2.45) is 0 Å². The molecule has 0 radical (unpaired) electrons. The monoisotopic (exact) mass is 231 g/mol. The maximum Gasteiger partial charge on any atom is 0.152 e. The number of nitrogens with zero attached hydrogens (tertiary/aromatic N) is 1. The second-order valence-electron chi connectivity index (χ2n) is 4.31. The molecule has 0 amide bonds. The smallest absolute Gasteiger partial charge is 0.152 e. The van der Waals surface area contributed by atoms with Gasteiger partial charge in [-0.3, -0.25) is 4.79 Å². The first kappa shape index (κ1) is 13.5. The van der Waals surface area contributed by atoms with Gasteiger partial charge in [-0.05, 0) is 37.1 Å². The van der Waals surface area contributed by atoms with Gasteiger partial charge in [0, 0.05) is 19.3 Å². The summed E-state index contributed by atoms with van der Waals surface area (Å²) in [6, 6.07) is 8.26. The van der Waals surface area contributed by atoms with E-state index in [4.69, 9.17) is 0 Å². The maximum absolute atomic E-state index is 10.8. The number of anilines is 1. The topological polar surface area (TPSA) is 20.3 Å². The Morgan fingerprint density at radius 3 is 2.47 bits per heavy atom. The lowest BCUT2D eigenvalue weighted by atomic mass is 10.1. The summed E-state index contributed by atoms with van der Waals surface area (Å²) < 4.78 is 0. The zero-order valence-corrected chi connectivity index (χ0v) is 10.9. The summed E-state index contributed by atoms with van der Waals surface area (Å²) in [5.74, 6) is 0.0779. The van der Waals surface area contributed by atoms with Crippen molar-refractivity contribution in [1.29, 1.82) is 0 Å². The van der Waals surface area contributed by atoms with Crippen molar-refractivity contribution in [1.82, 2.24) is 0 Å². The van der Waals surface area contributed by atoms with Gasteiger partial charge >= 0.3 is 0 Å². The molecule has 0 unspecified atom stereocenters. The molecular weight excluding hydrogens is 210 g/mol. The van der Waals surface area contributed by atoms with Crippen molar-refractivity contribution in [3.63, 3.8) is 0 Å². The Labute approximate surface area is 104 Å². The van der Waals surface area contributed by atoms with Gasteiger partial charge in [-0.25, -0.2) is 0 Å². The van der Waals surface area contributed by atoms with Gasteiger partial charge < -0.3 is 4.90 Å². The lowest BCUT2D eigenvalue weighted by Crippen LogP contribution is -2.17. The van der Waals surface area contributed by atoms with Crippen molar-refractivity contribution in [3.8, 4) is 0 Å². The molecule has 0 N–H and O–H groups in total. The first-order chi connectivity index (χ1) is 8.13. The highest BCUT2D eigenvalue weighted by atomic mass is 16.1. The average Bonchev–Trinajstić information content (AvgIpc) is 2.34. The van der Waals surface area contributed by atoms with E-state index in [0.29, 0.717) is 0 Å². The van der Waals surface area contributed by atoms with Gasteiger partial charge in [0.2, 0.25) is 0 Å². The van der Waals surface area contributed by atoms with E-state index in [2.05, 4.69) is 31.0 Å². The van der Waals surface area contributed by atoms with Crippen LogP contribution in [0, 0.1) is 0 Å². The molecule has 0 aliphatic carbocycles. The Morgan fingerprint density at radius 2 is 1.94 bits per heavy atom. The Balaban J connectivity index is 2.64. The molecule has 92 valence electrons. The molecule has 0 aliphatic rings. The molecule has 0 bridgehead atoms. The van der Waals surface area contributed by atoms with Crippen LogP contribution in [0.15, 0.2) is 30.3 Å². The van der Waals surface area contributed by atoms with E-state index in [1.54, 1.807) is 13.0 Å². The van der Waals surface area contributed by atoms with Gasteiger partial charge in [0.15, 0.2) is 5.78 Å². The molecule has 0 spiro atoms. The van der Waals surface area contributed by atoms with Gasteiger partial charge in [0.05, 0.1) is 0 Å². The lowest BCUT2D eigenvalue weighted by Gasteiger charge is -2.18. The number of rotatable bonds is 6. The summed E-state index contributed by atoms with van der Waals surface area (Å²) in [6.07, 6.45) is 5.86. The summed E-state index contributed by atoms with van der Waals surface area (Å²) in [6.45, 7) is 4.84. The minimum atomic E-state index is 0.0779. The van der Waals surface area contributed by atoms with Gasteiger partial charge in [0.25, 0.3) is 0 Å². The molecule has 2 heteroatoms. The van der Waals surface area contributed by atoms with E-state index in [9.17, 15) is 4.79 Å². The molecule has 0 heterocycles. The van der Waals surface area contributed by atoms with E-state index >= 15 is 0 Å². The second-order valence-corrected chi connectivity index (χ2v) is 4.31. The summed E-state index contributed by atoms with van der Waals surface area (Å²) in [5, 5.41) is 0. The normalized spacial score (nSPS) is 10.8. The highest BCUT2D eigenvalue weighted by molar-refractivity contribution is 5.91. The number of benzene rings is 1. The molecule has 0 aliphatic heterocycles. The molecule has 0 saturated heterocycles. The molecule has 0 fully saturated rings. The predicted molar refractivity (Wildman–Crippen MR) is 74.3 cm³/mol. The number of carbonyl (C=O) groups excluding carboxylic acids is 1. The van der Waals surface area contributed by atoms with Gasteiger partial charge in [-0.2, -0.15) is 0 Å². The largest absolute Gasteiger partial charge is 0.375 e. The Morgan fingerprint density at radius 1 is 1.29 bits per heavy atom. The van der Waals surface area contributed by atoms with Gasteiger partial charge in [-0.1, -0.05) is 31.6 Å². The van der Waals surface area contributed by atoms with Crippen LogP contribution in [0.2, 0.25) is 0 Å².